The van der Waals surface area contributed by atoms with Crippen molar-refractivity contribution >= 4 is 14.3 Å². The lowest BCUT2D eigenvalue weighted by atomic mass is 9.94. The summed E-state index contributed by atoms with van der Waals surface area (Å²) in [7, 11) is -1.93. The van der Waals surface area contributed by atoms with Gasteiger partial charge in [0.1, 0.15) is 0 Å². The highest BCUT2D eigenvalue weighted by Crippen LogP contribution is 2.39. The molecule has 146 valence electrons. The lowest BCUT2D eigenvalue weighted by molar-refractivity contribution is -0.154. The van der Waals surface area contributed by atoms with Crippen LogP contribution in [0, 0.1) is 5.92 Å². The van der Waals surface area contributed by atoms with Crippen LogP contribution in [0.1, 0.15) is 39.7 Å². The van der Waals surface area contributed by atoms with Crippen LogP contribution in [0.3, 0.4) is 0 Å². The molecule has 2 atom stereocenters. The highest BCUT2D eigenvalue weighted by Gasteiger charge is 2.44. The van der Waals surface area contributed by atoms with Crippen LogP contribution in [0.15, 0.2) is 30.3 Å². The molecule has 1 fully saturated rings. The molecular weight excluding hydrogens is 342 g/mol. The van der Waals surface area contributed by atoms with Gasteiger partial charge in [-0.25, -0.2) is 0 Å². The van der Waals surface area contributed by atoms with Gasteiger partial charge < -0.3 is 9.16 Å². The van der Waals surface area contributed by atoms with Crippen LogP contribution in [0.25, 0.3) is 0 Å². The fraction of sp³-hybridized carbons (Fsp3) is 0.667. The van der Waals surface area contributed by atoms with Gasteiger partial charge in [-0.1, -0.05) is 51.1 Å². The van der Waals surface area contributed by atoms with Crippen LogP contribution in [-0.4, -0.2) is 45.0 Å². The predicted molar refractivity (Wildman–Crippen MR) is 109 cm³/mol. The zero-order valence-electron chi connectivity index (χ0n) is 17.2. The molecule has 0 radical (unpaired) electrons. The van der Waals surface area contributed by atoms with E-state index in [0.29, 0.717) is 13.2 Å². The van der Waals surface area contributed by atoms with E-state index in [2.05, 4.69) is 63.0 Å². The lowest BCUT2D eigenvalue weighted by Gasteiger charge is -2.44. The fourth-order valence-corrected chi connectivity index (χ4v) is 4.55. The minimum absolute atomic E-state index is 0.0398. The lowest BCUT2D eigenvalue weighted by Crippen LogP contribution is -2.53. The van der Waals surface area contributed by atoms with Gasteiger partial charge in [0.25, 0.3) is 0 Å². The average Bonchev–Trinajstić information content (AvgIpc) is 2.56. The van der Waals surface area contributed by atoms with Gasteiger partial charge in [-0.3, -0.25) is 9.69 Å². The third-order valence-electron chi connectivity index (χ3n) is 5.72. The minimum atomic E-state index is -1.93. The van der Waals surface area contributed by atoms with E-state index in [1.807, 2.05) is 13.0 Å². The van der Waals surface area contributed by atoms with Crippen molar-refractivity contribution in [2.24, 2.45) is 5.92 Å². The zero-order valence-corrected chi connectivity index (χ0v) is 18.2. The van der Waals surface area contributed by atoms with Crippen LogP contribution >= 0.6 is 0 Å². The summed E-state index contributed by atoms with van der Waals surface area (Å²) in [6, 6.07) is 10.4. The van der Waals surface area contributed by atoms with Crippen LogP contribution in [-0.2, 0) is 20.5 Å². The minimum Gasteiger partial charge on any atom is -0.466 e. The Bertz CT molecular complexity index is 583. The van der Waals surface area contributed by atoms with Crippen molar-refractivity contribution in [2.45, 2.75) is 64.9 Å². The van der Waals surface area contributed by atoms with Gasteiger partial charge in [-0.05, 0) is 37.0 Å². The van der Waals surface area contributed by atoms with E-state index in [4.69, 9.17) is 9.16 Å². The molecule has 0 bridgehead atoms. The maximum atomic E-state index is 12.6. The van der Waals surface area contributed by atoms with E-state index < -0.39 is 8.32 Å². The number of nitrogens with zero attached hydrogens (tertiary/aromatic N) is 1. The van der Waals surface area contributed by atoms with Crippen LogP contribution in [0.2, 0.25) is 18.1 Å². The van der Waals surface area contributed by atoms with E-state index >= 15 is 0 Å². The Balaban J connectivity index is 2.10. The summed E-state index contributed by atoms with van der Waals surface area (Å²) in [5, 5.41) is 0.132. The molecule has 2 rings (SSSR count). The van der Waals surface area contributed by atoms with Gasteiger partial charge in [0.05, 0.1) is 18.6 Å². The predicted octanol–water partition coefficient (Wildman–Crippen LogP) is 4.46. The van der Waals surface area contributed by atoms with Crippen molar-refractivity contribution in [2.75, 3.05) is 19.7 Å². The Hall–Kier alpha value is -1.17. The van der Waals surface area contributed by atoms with Crippen molar-refractivity contribution in [1.82, 2.24) is 4.90 Å². The standard InChI is InChI=1S/C21H35NO3Si/c1-7-24-20(23)18-16-22(15-17-11-9-8-10-12-17)14-13-19(18)25-26(5,6)21(2,3)4/h8-12,18-19H,7,13-16H2,1-6H3/t18-,19-/m1/s1. The third kappa shape index (κ3) is 5.41. The summed E-state index contributed by atoms with van der Waals surface area (Å²) in [6.45, 7) is 16.0. The molecule has 0 spiro atoms. The number of hydrogen-bond acceptors (Lipinski definition) is 4. The molecule has 1 aromatic rings. The van der Waals surface area contributed by atoms with Gasteiger partial charge >= 0.3 is 5.97 Å². The molecule has 0 aliphatic carbocycles. The van der Waals surface area contributed by atoms with Gasteiger partial charge in [-0.15, -0.1) is 0 Å². The third-order valence-corrected chi connectivity index (χ3v) is 10.2. The van der Waals surface area contributed by atoms with Gasteiger partial charge in [0, 0.05) is 19.6 Å². The monoisotopic (exact) mass is 377 g/mol. The number of carbonyl (C=O) groups excluding carboxylic acids is 1. The quantitative estimate of drug-likeness (QED) is 0.542. The topological polar surface area (TPSA) is 38.8 Å². The SMILES string of the molecule is CCOC(=O)[C@@H]1CN(Cc2ccccc2)CC[C@H]1O[Si](C)(C)C(C)(C)C. The Kier molecular flexibility index (Phi) is 7.05. The molecule has 1 aliphatic heterocycles. The van der Waals surface area contributed by atoms with E-state index in [0.717, 1.165) is 19.5 Å². The van der Waals surface area contributed by atoms with Crippen molar-refractivity contribution < 1.29 is 14.0 Å². The molecular formula is C21H35NO3Si. The molecule has 0 saturated carbocycles. The van der Waals surface area contributed by atoms with E-state index in [-0.39, 0.29) is 23.0 Å². The number of ether oxygens (including phenoxy) is 1. The molecule has 26 heavy (non-hydrogen) atoms. The van der Waals surface area contributed by atoms with Crippen molar-refractivity contribution in [3.63, 3.8) is 0 Å². The first-order valence-electron chi connectivity index (χ1n) is 9.75. The molecule has 1 saturated heterocycles. The van der Waals surface area contributed by atoms with Crippen LogP contribution in [0.5, 0.6) is 0 Å². The molecule has 0 N–H and O–H groups in total. The summed E-state index contributed by atoms with van der Waals surface area (Å²) < 4.78 is 12.0. The number of likely N-dealkylation sites (tertiary alicyclic amines) is 1. The highest BCUT2D eigenvalue weighted by molar-refractivity contribution is 6.74. The second-order valence-corrected chi connectivity index (χ2v) is 13.5. The molecule has 1 aliphatic rings. The fourth-order valence-electron chi connectivity index (χ4n) is 3.16. The van der Waals surface area contributed by atoms with Crippen molar-refractivity contribution in [3.8, 4) is 0 Å². The first kappa shape index (κ1) is 21.1. The Labute approximate surface area is 160 Å². The van der Waals surface area contributed by atoms with E-state index in [9.17, 15) is 4.79 Å². The molecule has 1 aromatic carbocycles. The molecule has 1 heterocycles. The van der Waals surface area contributed by atoms with E-state index in [1.165, 1.54) is 5.56 Å². The molecule has 5 heteroatoms. The molecule has 0 amide bonds. The summed E-state index contributed by atoms with van der Waals surface area (Å²) in [5.74, 6) is -0.324. The number of rotatable bonds is 6. The number of benzene rings is 1. The average molecular weight is 378 g/mol. The second kappa shape index (κ2) is 8.68. The Morgan fingerprint density at radius 3 is 2.46 bits per heavy atom. The summed E-state index contributed by atoms with van der Waals surface area (Å²) >= 11 is 0. The van der Waals surface area contributed by atoms with Crippen molar-refractivity contribution in [1.29, 1.82) is 0 Å². The molecule has 4 nitrogen and oxygen atoms in total. The number of esters is 1. The van der Waals surface area contributed by atoms with Gasteiger partial charge in [0.2, 0.25) is 0 Å². The summed E-state index contributed by atoms with van der Waals surface area (Å²) in [6.07, 6.45) is 0.838. The van der Waals surface area contributed by atoms with Crippen LogP contribution in [0.4, 0.5) is 0 Å². The zero-order chi connectivity index (χ0) is 19.4. The molecule has 0 unspecified atom stereocenters. The normalized spacial score (nSPS) is 22.2. The largest absolute Gasteiger partial charge is 0.466 e. The number of carbonyl (C=O) groups is 1. The molecule has 0 aromatic heterocycles. The smallest absolute Gasteiger partial charge is 0.312 e. The number of hydrogen-bond donors (Lipinski definition) is 0. The van der Waals surface area contributed by atoms with Gasteiger partial charge in [0.15, 0.2) is 8.32 Å². The van der Waals surface area contributed by atoms with Crippen LogP contribution < -0.4 is 0 Å². The summed E-state index contributed by atoms with van der Waals surface area (Å²) in [5.41, 5.74) is 1.28. The van der Waals surface area contributed by atoms with Gasteiger partial charge in [-0.2, -0.15) is 0 Å². The Morgan fingerprint density at radius 1 is 1.23 bits per heavy atom. The second-order valence-electron chi connectivity index (χ2n) is 8.78. The van der Waals surface area contributed by atoms with E-state index in [1.54, 1.807) is 0 Å². The maximum Gasteiger partial charge on any atom is 0.312 e. The number of piperidine rings is 1. The maximum absolute atomic E-state index is 12.6. The first-order chi connectivity index (χ1) is 12.1. The summed E-state index contributed by atoms with van der Waals surface area (Å²) in [4.78, 5) is 15.0. The first-order valence-corrected chi connectivity index (χ1v) is 12.7. The Morgan fingerprint density at radius 2 is 1.88 bits per heavy atom. The van der Waals surface area contributed by atoms with Crippen molar-refractivity contribution in [3.05, 3.63) is 35.9 Å². The highest BCUT2D eigenvalue weighted by atomic mass is 28.4.